The van der Waals surface area contributed by atoms with Crippen LogP contribution in [0.3, 0.4) is 0 Å². The van der Waals surface area contributed by atoms with Gasteiger partial charge in [0.2, 0.25) is 0 Å². The third-order valence-corrected chi connectivity index (χ3v) is 2.91. The minimum Gasteiger partial charge on any atom is -0.497 e. The molecule has 1 atom stereocenters. The Morgan fingerprint density at radius 3 is 2.67 bits per heavy atom. The molecule has 0 aliphatic carbocycles. The van der Waals surface area contributed by atoms with Gasteiger partial charge in [0.05, 0.1) is 7.11 Å². The zero-order valence-corrected chi connectivity index (χ0v) is 11.7. The molecule has 1 unspecified atom stereocenters. The smallest absolute Gasteiger partial charge is 0.131 e. The summed E-state index contributed by atoms with van der Waals surface area (Å²) < 4.78 is 18.6. The van der Waals surface area contributed by atoms with Gasteiger partial charge in [-0.05, 0) is 40.1 Å². The maximum atomic E-state index is 13.7. The van der Waals surface area contributed by atoms with Crippen LogP contribution >= 0.6 is 0 Å². The molecule has 0 aromatic heterocycles. The molecule has 0 aliphatic rings. The summed E-state index contributed by atoms with van der Waals surface area (Å²) in [7, 11) is 5.64. The van der Waals surface area contributed by atoms with Crippen LogP contribution in [0.5, 0.6) is 5.75 Å². The molecule has 0 aliphatic heterocycles. The number of nitrogens with one attached hydrogen (secondary N) is 1. The van der Waals surface area contributed by atoms with E-state index < -0.39 is 0 Å². The van der Waals surface area contributed by atoms with Gasteiger partial charge in [0.25, 0.3) is 0 Å². The van der Waals surface area contributed by atoms with Gasteiger partial charge in [0.15, 0.2) is 0 Å². The van der Waals surface area contributed by atoms with Crippen molar-refractivity contribution in [2.45, 2.75) is 25.9 Å². The van der Waals surface area contributed by atoms with Gasteiger partial charge in [-0.2, -0.15) is 0 Å². The Morgan fingerprint density at radius 2 is 2.11 bits per heavy atom. The Hall–Kier alpha value is -1.13. The average molecular weight is 254 g/mol. The molecular weight excluding hydrogens is 231 g/mol. The van der Waals surface area contributed by atoms with Gasteiger partial charge in [0.1, 0.15) is 11.6 Å². The molecule has 1 aromatic rings. The van der Waals surface area contributed by atoms with E-state index in [0.29, 0.717) is 23.9 Å². The Balaban J connectivity index is 2.43. The molecule has 0 heterocycles. The number of nitrogens with zero attached hydrogens (tertiary/aromatic N) is 1. The van der Waals surface area contributed by atoms with E-state index in [4.69, 9.17) is 4.74 Å². The zero-order chi connectivity index (χ0) is 13.5. The van der Waals surface area contributed by atoms with Gasteiger partial charge < -0.3 is 15.0 Å². The molecule has 18 heavy (non-hydrogen) atoms. The summed E-state index contributed by atoms with van der Waals surface area (Å²) in [5.74, 6) is 0.332. The number of methoxy groups -OCH3 is 1. The van der Waals surface area contributed by atoms with E-state index >= 15 is 0 Å². The van der Waals surface area contributed by atoms with Crippen LogP contribution < -0.4 is 10.1 Å². The summed E-state index contributed by atoms with van der Waals surface area (Å²) in [6, 6.07) is 5.33. The summed E-state index contributed by atoms with van der Waals surface area (Å²) in [6.07, 6.45) is 1.05. The summed E-state index contributed by atoms with van der Waals surface area (Å²) >= 11 is 0. The van der Waals surface area contributed by atoms with Crippen molar-refractivity contribution in [2.24, 2.45) is 0 Å². The Kier molecular flexibility index (Phi) is 6.09. The van der Waals surface area contributed by atoms with E-state index in [-0.39, 0.29) is 5.82 Å². The van der Waals surface area contributed by atoms with Gasteiger partial charge >= 0.3 is 0 Å². The van der Waals surface area contributed by atoms with Gasteiger partial charge in [-0.15, -0.1) is 0 Å². The van der Waals surface area contributed by atoms with Crippen molar-refractivity contribution in [1.29, 1.82) is 0 Å². The van der Waals surface area contributed by atoms with Crippen LogP contribution in [-0.4, -0.2) is 38.7 Å². The largest absolute Gasteiger partial charge is 0.497 e. The second-order valence-electron chi connectivity index (χ2n) is 4.83. The first-order valence-electron chi connectivity index (χ1n) is 6.23. The van der Waals surface area contributed by atoms with Crippen molar-refractivity contribution in [3.8, 4) is 5.75 Å². The molecule has 1 N–H and O–H groups in total. The van der Waals surface area contributed by atoms with E-state index in [9.17, 15) is 4.39 Å². The monoisotopic (exact) mass is 254 g/mol. The number of rotatable bonds is 7. The first-order valence-corrected chi connectivity index (χ1v) is 6.23. The second kappa shape index (κ2) is 7.34. The summed E-state index contributed by atoms with van der Waals surface area (Å²) in [6.45, 7) is 3.69. The fourth-order valence-electron chi connectivity index (χ4n) is 1.64. The van der Waals surface area contributed by atoms with Crippen LogP contribution in [-0.2, 0) is 6.54 Å². The summed E-state index contributed by atoms with van der Waals surface area (Å²) in [5.41, 5.74) is 0.674. The van der Waals surface area contributed by atoms with Gasteiger partial charge in [-0.3, -0.25) is 0 Å². The van der Waals surface area contributed by atoms with Crippen LogP contribution in [0, 0.1) is 5.82 Å². The Morgan fingerprint density at radius 1 is 1.39 bits per heavy atom. The quantitative estimate of drug-likeness (QED) is 0.808. The third kappa shape index (κ3) is 5.02. The predicted molar refractivity (Wildman–Crippen MR) is 72.4 cm³/mol. The van der Waals surface area contributed by atoms with E-state index in [1.165, 1.54) is 13.2 Å². The van der Waals surface area contributed by atoms with Gasteiger partial charge in [-0.1, -0.05) is 6.07 Å². The molecule has 4 heteroatoms. The number of benzene rings is 1. The molecule has 102 valence electrons. The lowest BCUT2D eigenvalue weighted by Crippen LogP contribution is -2.29. The van der Waals surface area contributed by atoms with Gasteiger partial charge in [0, 0.05) is 24.2 Å². The Bertz CT molecular complexity index is 369. The first kappa shape index (κ1) is 14.9. The topological polar surface area (TPSA) is 24.5 Å². The Labute approximate surface area is 109 Å². The maximum absolute atomic E-state index is 13.7. The standard InChI is InChI=1S/C14H23FN2O/c1-11(7-8-17(2)3)16-10-12-5-6-13(18-4)9-14(12)15/h5-6,9,11,16H,7-8,10H2,1-4H3. The van der Waals surface area contributed by atoms with E-state index in [1.807, 2.05) is 0 Å². The SMILES string of the molecule is COc1ccc(CNC(C)CCN(C)C)c(F)c1. The van der Waals surface area contributed by atoms with Crippen LogP contribution in [0.15, 0.2) is 18.2 Å². The molecule has 1 aromatic carbocycles. The second-order valence-corrected chi connectivity index (χ2v) is 4.83. The minimum absolute atomic E-state index is 0.221. The lowest BCUT2D eigenvalue weighted by molar-refractivity contribution is 0.364. The molecule has 3 nitrogen and oxygen atoms in total. The fraction of sp³-hybridized carbons (Fsp3) is 0.571. The van der Waals surface area contributed by atoms with Crippen molar-refractivity contribution in [1.82, 2.24) is 10.2 Å². The highest BCUT2D eigenvalue weighted by Gasteiger charge is 2.06. The molecule has 0 saturated heterocycles. The van der Waals surface area contributed by atoms with Crippen molar-refractivity contribution < 1.29 is 9.13 Å². The fourth-order valence-corrected chi connectivity index (χ4v) is 1.64. The van der Waals surface area contributed by atoms with Crippen LogP contribution in [0.25, 0.3) is 0 Å². The number of ether oxygens (including phenoxy) is 1. The zero-order valence-electron chi connectivity index (χ0n) is 11.7. The molecule has 0 saturated carbocycles. The minimum atomic E-state index is -0.221. The van der Waals surface area contributed by atoms with Crippen molar-refractivity contribution >= 4 is 0 Å². The molecule has 0 radical (unpaired) electrons. The number of hydrogen-bond acceptors (Lipinski definition) is 3. The van der Waals surface area contributed by atoms with E-state index in [2.05, 4.69) is 31.2 Å². The molecule has 0 amide bonds. The van der Waals surface area contributed by atoms with Crippen LogP contribution in [0.4, 0.5) is 4.39 Å². The normalized spacial score (nSPS) is 12.8. The van der Waals surface area contributed by atoms with Crippen molar-refractivity contribution in [3.63, 3.8) is 0 Å². The number of halogens is 1. The van der Waals surface area contributed by atoms with E-state index in [1.54, 1.807) is 12.1 Å². The van der Waals surface area contributed by atoms with Crippen molar-refractivity contribution in [3.05, 3.63) is 29.6 Å². The molecule has 0 fully saturated rings. The maximum Gasteiger partial charge on any atom is 0.131 e. The molecular formula is C14H23FN2O. The van der Waals surface area contributed by atoms with Crippen LogP contribution in [0.1, 0.15) is 18.9 Å². The number of hydrogen-bond donors (Lipinski definition) is 1. The van der Waals surface area contributed by atoms with Gasteiger partial charge in [-0.25, -0.2) is 4.39 Å². The summed E-state index contributed by atoms with van der Waals surface area (Å²) in [4.78, 5) is 2.14. The van der Waals surface area contributed by atoms with Crippen LogP contribution in [0.2, 0.25) is 0 Å². The van der Waals surface area contributed by atoms with E-state index in [0.717, 1.165) is 13.0 Å². The van der Waals surface area contributed by atoms with Crippen molar-refractivity contribution in [2.75, 3.05) is 27.7 Å². The highest BCUT2D eigenvalue weighted by molar-refractivity contribution is 5.28. The highest BCUT2D eigenvalue weighted by Crippen LogP contribution is 2.16. The lowest BCUT2D eigenvalue weighted by atomic mass is 10.1. The first-order chi connectivity index (χ1) is 8.52. The summed E-state index contributed by atoms with van der Waals surface area (Å²) in [5, 5.41) is 3.33. The average Bonchev–Trinajstić information content (AvgIpc) is 2.34. The molecule has 1 rings (SSSR count). The highest BCUT2D eigenvalue weighted by atomic mass is 19.1. The third-order valence-electron chi connectivity index (χ3n) is 2.91. The predicted octanol–water partition coefficient (Wildman–Crippen LogP) is 2.26. The molecule has 0 spiro atoms. The lowest BCUT2D eigenvalue weighted by Gasteiger charge is -2.17. The molecule has 0 bridgehead atoms.